The summed E-state index contributed by atoms with van der Waals surface area (Å²) in [5, 5.41) is 9.43. The molecule has 3 rings (SSSR count). The molecule has 0 aromatic heterocycles. The van der Waals surface area contributed by atoms with Crippen LogP contribution in [-0.2, 0) is 4.74 Å². The summed E-state index contributed by atoms with van der Waals surface area (Å²) in [5.74, 6) is -0.657. The minimum atomic E-state index is -0.349. The van der Waals surface area contributed by atoms with Gasteiger partial charge in [-0.15, -0.1) is 0 Å². The van der Waals surface area contributed by atoms with E-state index in [1.807, 2.05) is 0 Å². The zero-order valence-corrected chi connectivity index (χ0v) is 11.9. The van der Waals surface area contributed by atoms with Crippen LogP contribution in [0.3, 0.4) is 0 Å². The lowest BCUT2D eigenvalue weighted by Crippen LogP contribution is -2.34. The molecule has 1 aromatic rings. The maximum absolute atomic E-state index is 12.2. The molecule has 0 unspecified atom stereocenters. The van der Waals surface area contributed by atoms with Crippen molar-refractivity contribution in [3.05, 3.63) is 29.3 Å². The van der Waals surface area contributed by atoms with E-state index in [1.54, 1.807) is 0 Å². The van der Waals surface area contributed by atoms with Gasteiger partial charge in [-0.3, -0.25) is 14.5 Å². The van der Waals surface area contributed by atoms with E-state index in [0.717, 1.165) is 12.8 Å². The molecule has 0 atom stereocenters. The summed E-state index contributed by atoms with van der Waals surface area (Å²) >= 11 is 0. The summed E-state index contributed by atoms with van der Waals surface area (Å²) in [4.78, 5) is 25.5. The fourth-order valence-corrected chi connectivity index (χ4v) is 3.02. The van der Waals surface area contributed by atoms with E-state index < -0.39 is 0 Å². The van der Waals surface area contributed by atoms with Gasteiger partial charge >= 0.3 is 0 Å². The smallest absolute Gasteiger partial charge is 0.261 e. The van der Waals surface area contributed by atoms with Crippen molar-refractivity contribution in [1.29, 1.82) is 0 Å². The van der Waals surface area contributed by atoms with Crippen molar-refractivity contribution in [3.8, 4) is 5.75 Å². The van der Waals surface area contributed by atoms with Gasteiger partial charge in [-0.05, 0) is 31.0 Å². The first-order valence-corrected chi connectivity index (χ1v) is 7.47. The van der Waals surface area contributed by atoms with Crippen LogP contribution in [0.5, 0.6) is 5.75 Å². The lowest BCUT2D eigenvalue weighted by molar-refractivity contribution is 0.0168. The van der Waals surface area contributed by atoms with Crippen LogP contribution in [0.15, 0.2) is 18.2 Å². The molecular weight excluding hydrogens is 270 g/mol. The van der Waals surface area contributed by atoms with Gasteiger partial charge in [-0.25, -0.2) is 0 Å². The minimum absolute atomic E-state index is 0.00444. The summed E-state index contributed by atoms with van der Waals surface area (Å²) in [7, 11) is 0. The minimum Gasteiger partial charge on any atom is -0.508 e. The summed E-state index contributed by atoms with van der Waals surface area (Å²) in [6.45, 7) is 0.645. The van der Waals surface area contributed by atoms with Gasteiger partial charge in [0.25, 0.3) is 11.8 Å². The van der Waals surface area contributed by atoms with Crippen LogP contribution in [0.25, 0.3) is 0 Å². The van der Waals surface area contributed by atoms with E-state index in [1.165, 1.54) is 42.4 Å². The molecule has 2 amide bonds. The third kappa shape index (κ3) is 2.78. The predicted molar refractivity (Wildman–Crippen MR) is 76.3 cm³/mol. The van der Waals surface area contributed by atoms with Gasteiger partial charge in [0.2, 0.25) is 0 Å². The predicted octanol–water partition coefficient (Wildman–Crippen LogP) is 2.34. The molecule has 112 valence electrons. The third-order valence-electron chi connectivity index (χ3n) is 4.17. The Morgan fingerprint density at radius 2 is 1.81 bits per heavy atom. The lowest BCUT2D eigenvalue weighted by atomic mass is 9.98. The van der Waals surface area contributed by atoms with Crippen molar-refractivity contribution >= 4 is 11.8 Å². The molecule has 1 aliphatic heterocycles. The highest BCUT2D eigenvalue weighted by Gasteiger charge is 2.35. The number of fused-ring (bicyclic) bond motifs is 1. The Morgan fingerprint density at radius 1 is 1.10 bits per heavy atom. The summed E-state index contributed by atoms with van der Waals surface area (Å²) in [6, 6.07) is 4.26. The number of benzene rings is 1. The fraction of sp³-hybridized carbons (Fsp3) is 0.500. The largest absolute Gasteiger partial charge is 0.508 e. The molecule has 0 radical (unpaired) electrons. The Kier molecular flexibility index (Phi) is 3.92. The van der Waals surface area contributed by atoms with Gasteiger partial charge in [0.1, 0.15) is 5.75 Å². The molecule has 1 heterocycles. The highest BCUT2D eigenvalue weighted by Crippen LogP contribution is 2.26. The Morgan fingerprint density at radius 3 is 2.57 bits per heavy atom. The second-order valence-electron chi connectivity index (χ2n) is 5.62. The number of rotatable bonds is 4. The molecule has 0 spiro atoms. The van der Waals surface area contributed by atoms with Gasteiger partial charge in [-0.1, -0.05) is 19.3 Å². The average Bonchev–Trinajstić information content (AvgIpc) is 2.73. The number of nitrogens with zero attached hydrogens (tertiary/aromatic N) is 1. The Labute approximate surface area is 123 Å². The molecular formula is C16H19NO4. The van der Waals surface area contributed by atoms with Gasteiger partial charge in [0, 0.05) is 0 Å². The number of imide groups is 1. The van der Waals surface area contributed by atoms with Crippen LogP contribution in [0.4, 0.5) is 0 Å². The van der Waals surface area contributed by atoms with Crippen LogP contribution in [-0.4, -0.2) is 41.1 Å². The number of aromatic hydroxyl groups is 1. The van der Waals surface area contributed by atoms with E-state index in [-0.39, 0.29) is 35.8 Å². The van der Waals surface area contributed by atoms with E-state index in [4.69, 9.17) is 4.74 Å². The summed E-state index contributed by atoms with van der Waals surface area (Å²) < 4.78 is 5.77. The first-order chi connectivity index (χ1) is 10.2. The molecule has 5 nitrogen and oxygen atoms in total. The number of carbonyl (C=O) groups excluding carboxylic acids is 2. The van der Waals surface area contributed by atoms with Crippen LogP contribution in [0.1, 0.15) is 52.8 Å². The second-order valence-corrected chi connectivity index (χ2v) is 5.62. The zero-order chi connectivity index (χ0) is 14.8. The maximum Gasteiger partial charge on any atom is 0.261 e. The zero-order valence-electron chi connectivity index (χ0n) is 11.9. The first-order valence-electron chi connectivity index (χ1n) is 7.47. The number of amides is 2. The van der Waals surface area contributed by atoms with Crippen LogP contribution >= 0.6 is 0 Å². The maximum atomic E-state index is 12.2. The number of phenols is 1. The fourth-order valence-electron chi connectivity index (χ4n) is 3.02. The average molecular weight is 289 g/mol. The van der Waals surface area contributed by atoms with Crippen LogP contribution in [0, 0.1) is 0 Å². The number of phenolic OH excluding ortho intramolecular Hbond substituents is 1. The van der Waals surface area contributed by atoms with Gasteiger partial charge < -0.3 is 9.84 Å². The lowest BCUT2D eigenvalue weighted by Gasteiger charge is -2.23. The highest BCUT2D eigenvalue weighted by molar-refractivity contribution is 6.21. The number of ether oxygens (including phenoxy) is 1. The SMILES string of the molecule is O=C1c2ccc(O)cc2C(=O)N1CCOC1CCCCC1. The number of carbonyl (C=O) groups is 2. The van der Waals surface area contributed by atoms with Crippen molar-refractivity contribution < 1.29 is 19.4 Å². The Balaban J connectivity index is 1.59. The first kappa shape index (κ1) is 14.1. The van der Waals surface area contributed by atoms with Crippen molar-refractivity contribution in [2.24, 2.45) is 0 Å². The standard InChI is InChI=1S/C16H19NO4/c18-11-6-7-13-14(10-11)16(20)17(15(13)19)8-9-21-12-4-2-1-3-5-12/h6-7,10,12,18H,1-5,8-9H2. The van der Waals surface area contributed by atoms with E-state index in [0.29, 0.717) is 12.2 Å². The van der Waals surface area contributed by atoms with Gasteiger partial charge in [0.15, 0.2) is 0 Å². The van der Waals surface area contributed by atoms with Gasteiger partial charge in [-0.2, -0.15) is 0 Å². The molecule has 1 fully saturated rings. The van der Waals surface area contributed by atoms with E-state index in [2.05, 4.69) is 0 Å². The van der Waals surface area contributed by atoms with Crippen molar-refractivity contribution in [2.75, 3.05) is 13.2 Å². The molecule has 1 aromatic carbocycles. The monoisotopic (exact) mass is 289 g/mol. The molecule has 2 aliphatic rings. The normalized spacial score (nSPS) is 19.1. The van der Waals surface area contributed by atoms with Crippen molar-refractivity contribution in [2.45, 2.75) is 38.2 Å². The van der Waals surface area contributed by atoms with E-state index in [9.17, 15) is 14.7 Å². The third-order valence-corrected chi connectivity index (χ3v) is 4.17. The van der Waals surface area contributed by atoms with Crippen LogP contribution in [0.2, 0.25) is 0 Å². The van der Waals surface area contributed by atoms with Crippen LogP contribution < -0.4 is 0 Å². The molecule has 5 heteroatoms. The topological polar surface area (TPSA) is 66.8 Å². The molecule has 21 heavy (non-hydrogen) atoms. The quantitative estimate of drug-likeness (QED) is 0.864. The van der Waals surface area contributed by atoms with Gasteiger partial charge in [0.05, 0.1) is 30.4 Å². The summed E-state index contributed by atoms with van der Waals surface area (Å²) in [6.07, 6.45) is 6.04. The van der Waals surface area contributed by atoms with E-state index >= 15 is 0 Å². The van der Waals surface area contributed by atoms with Crippen molar-refractivity contribution in [3.63, 3.8) is 0 Å². The molecule has 1 N–H and O–H groups in total. The molecule has 1 saturated carbocycles. The molecule has 0 bridgehead atoms. The Hall–Kier alpha value is -1.88. The Bertz CT molecular complexity index is 563. The molecule has 0 saturated heterocycles. The van der Waals surface area contributed by atoms with Crippen molar-refractivity contribution in [1.82, 2.24) is 4.90 Å². The molecule has 1 aliphatic carbocycles. The second kappa shape index (κ2) is 5.85. The summed E-state index contributed by atoms with van der Waals surface area (Å²) in [5.41, 5.74) is 0.633. The highest BCUT2D eigenvalue weighted by atomic mass is 16.5. The number of hydrogen-bond acceptors (Lipinski definition) is 4. The number of hydrogen-bond donors (Lipinski definition) is 1.